The van der Waals surface area contributed by atoms with Crippen molar-refractivity contribution in [3.8, 4) is 11.1 Å². The maximum Gasteiger partial charge on any atom is 0.233 e. The Kier molecular flexibility index (Phi) is 8.67. The zero-order chi connectivity index (χ0) is 24.8. The highest BCUT2D eigenvalue weighted by molar-refractivity contribution is 5.91. The molecule has 1 saturated carbocycles. The summed E-state index contributed by atoms with van der Waals surface area (Å²) < 4.78 is 0. The molecule has 1 atom stereocenters. The molecule has 2 aromatic rings. The molecular weight excluding hydrogens is 430 g/mol. The molecule has 4 nitrogen and oxygen atoms in total. The Morgan fingerprint density at radius 1 is 0.943 bits per heavy atom. The maximum atomic E-state index is 14.0. The third kappa shape index (κ3) is 5.65. The fourth-order valence-electron chi connectivity index (χ4n) is 6.72. The van der Waals surface area contributed by atoms with Crippen LogP contribution in [0, 0.1) is 17.8 Å². The topological polar surface area (TPSA) is 72.4 Å². The number of fused-ring (bicyclic) bond motifs is 1. The largest absolute Gasteiger partial charge is 0.336 e. The molecule has 1 fully saturated rings. The molecule has 190 valence electrons. The van der Waals surface area contributed by atoms with Gasteiger partial charge in [-0.05, 0) is 78.3 Å². The summed E-state index contributed by atoms with van der Waals surface area (Å²) >= 11 is 0. The van der Waals surface area contributed by atoms with Crippen LogP contribution in [0.15, 0.2) is 48.5 Å². The van der Waals surface area contributed by atoms with Crippen LogP contribution in [0.1, 0.15) is 76.3 Å². The van der Waals surface area contributed by atoms with Crippen LogP contribution in [0.5, 0.6) is 0 Å². The van der Waals surface area contributed by atoms with Crippen molar-refractivity contribution in [3.63, 3.8) is 0 Å². The molecule has 0 radical (unpaired) electrons. The van der Waals surface area contributed by atoms with Gasteiger partial charge in [0.25, 0.3) is 0 Å². The van der Waals surface area contributed by atoms with E-state index in [2.05, 4.69) is 56.3 Å². The zero-order valence-electron chi connectivity index (χ0n) is 21.8. The first kappa shape index (κ1) is 25.9. The smallest absolute Gasteiger partial charge is 0.233 e. The minimum atomic E-state index is -0.526. The van der Waals surface area contributed by atoms with Gasteiger partial charge in [-0.25, -0.2) is 0 Å². The molecule has 4 N–H and O–H groups in total. The number of amides is 1. The first-order chi connectivity index (χ1) is 17.0. The number of nitrogens with two attached hydrogens (primary N) is 2. The lowest BCUT2D eigenvalue weighted by molar-refractivity contribution is -0.140. The highest BCUT2D eigenvalue weighted by atomic mass is 16.2. The van der Waals surface area contributed by atoms with Gasteiger partial charge >= 0.3 is 0 Å². The number of carbonyl (C=O) groups excluding carboxylic acids is 1. The lowest BCUT2D eigenvalue weighted by Crippen LogP contribution is -2.53. The highest BCUT2D eigenvalue weighted by Gasteiger charge is 2.46. The lowest BCUT2D eigenvalue weighted by Gasteiger charge is -2.44. The van der Waals surface area contributed by atoms with E-state index in [1.54, 1.807) is 0 Å². The van der Waals surface area contributed by atoms with Gasteiger partial charge in [0.15, 0.2) is 0 Å². The van der Waals surface area contributed by atoms with E-state index in [-0.39, 0.29) is 5.91 Å². The first-order valence-corrected chi connectivity index (χ1v) is 13.9. The molecule has 0 spiro atoms. The second-order valence-corrected chi connectivity index (χ2v) is 11.3. The summed E-state index contributed by atoms with van der Waals surface area (Å²) in [5, 5.41) is 0. The van der Waals surface area contributed by atoms with E-state index >= 15 is 0 Å². The van der Waals surface area contributed by atoms with E-state index in [1.807, 2.05) is 11.0 Å². The molecule has 1 amide bonds. The van der Waals surface area contributed by atoms with Crippen molar-refractivity contribution in [2.45, 2.75) is 77.2 Å². The van der Waals surface area contributed by atoms with Crippen LogP contribution in [0.3, 0.4) is 0 Å². The summed E-state index contributed by atoms with van der Waals surface area (Å²) in [6.07, 6.45) is 9.30. The molecule has 1 unspecified atom stereocenters. The maximum absolute atomic E-state index is 14.0. The van der Waals surface area contributed by atoms with E-state index < -0.39 is 5.41 Å². The molecule has 2 aromatic carbocycles. The Labute approximate surface area is 212 Å². The standard InChI is InChI=1S/C31H45N3O/c1-23(2)25-12-10-24(11-13-25)7-6-16-31(17-18-32)29-15-14-27(26-8-4-3-5-9-26)21-28(29)22-34(20-19-33)30(31)35/h3-5,8-9,14-15,21,23-25H,6-7,10-13,16-20,22,32-33H2,1-2H3. The van der Waals surface area contributed by atoms with Crippen molar-refractivity contribution in [2.24, 2.45) is 29.2 Å². The Balaban J connectivity index is 1.57. The van der Waals surface area contributed by atoms with Crippen LogP contribution < -0.4 is 11.5 Å². The molecule has 1 aliphatic heterocycles. The van der Waals surface area contributed by atoms with Crippen molar-refractivity contribution in [2.75, 3.05) is 19.6 Å². The number of rotatable bonds is 10. The van der Waals surface area contributed by atoms with Gasteiger partial charge in [-0.15, -0.1) is 0 Å². The molecule has 0 bridgehead atoms. The van der Waals surface area contributed by atoms with Crippen molar-refractivity contribution in [1.29, 1.82) is 0 Å². The fourth-order valence-corrected chi connectivity index (χ4v) is 6.72. The molecule has 4 rings (SSSR count). The highest BCUT2D eigenvalue weighted by Crippen LogP contribution is 2.44. The van der Waals surface area contributed by atoms with Gasteiger partial charge in [0.05, 0.1) is 5.41 Å². The van der Waals surface area contributed by atoms with E-state index in [9.17, 15) is 4.79 Å². The first-order valence-electron chi connectivity index (χ1n) is 13.9. The van der Waals surface area contributed by atoms with E-state index in [0.717, 1.165) is 30.6 Å². The minimum Gasteiger partial charge on any atom is -0.336 e. The van der Waals surface area contributed by atoms with Gasteiger partial charge in [-0.1, -0.05) is 82.0 Å². The van der Waals surface area contributed by atoms with Crippen molar-refractivity contribution < 1.29 is 4.79 Å². The number of hydrogen-bond donors (Lipinski definition) is 2. The van der Waals surface area contributed by atoms with Gasteiger partial charge in [0, 0.05) is 19.6 Å². The van der Waals surface area contributed by atoms with Crippen LogP contribution >= 0.6 is 0 Å². The van der Waals surface area contributed by atoms with Crippen LogP contribution in [-0.4, -0.2) is 30.4 Å². The van der Waals surface area contributed by atoms with Gasteiger partial charge in [-0.2, -0.15) is 0 Å². The average molecular weight is 476 g/mol. The Morgan fingerprint density at radius 3 is 2.34 bits per heavy atom. The monoisotopic (exact) mass is 475 g/mol. The van der Waals surface area contributed by atoms with Crippen LogP contribution in [0.4, 0.5) is 0 Å². The number of nitrogens with zero attached hydrogens (tertiary/aromatic N) is 1. The van der Waals surface area contributed by atoms with Crippen molar-refractivity contribution >= 4 is 5.91 Å². The predicted molar refractivity (Wildman–Crippen MR) is 146 cm³/mol. The third-order valence-electron chi connectivity index (χ3n) is 8.81. The Bertz CT molecular complexity index is 964. The average Bonchev–Trinajstić information content (AvgIpc) is 2.88. The predicted octanol–water partition coefficient (Wildman–Crippen LogP) is 5.87. The summed E-state index contributed by atoms with van der Waals surface area (Å²) in [6.45, 7) is 6.96. The lowest BCUT2D eigenvalue weighted by atomic mass is 9.67. The van der Waals surface area contributed by atoms with Gasteiger partial charge < -0.3 is 16.4 Å². The number of benzene rings is 2. The second-order valence-electron chi connectivity index (χ2n) is 11.3. The summed E-state index contributed by atoms with van der Waals surface area (Å²) in [7, 11) is 0. The molecular formula is C31H45N3O. The van der Waals surface area contributed by atoms with E-state index in [0.29, 0.717) is 32.6 Å². The molecule has 0 saturated heterocycles. The van der Waals surface area contributed by atoms with Crippen LogP contribution in [0.25, 0.3) is 11.1 Å². The van der Waals surface area contributed by atoms with Crippen LogP contribution in [-0.2, 0) is 16.8 Å². The van der Waals surface area contributed by atoms with Crippen molar-refractivity contribution in [3.05, 3.63) is 59.7 Å². The van der Waals surface area contributed by atoms with E-state index in [1.165, 1.54) is 54.4 Å². The van der Waals surface area contributed by atoms with Gasteiger partial charge in [0.2, 0.25) is 5.91 Å². The summed E-state index contributed by atoms with van der Waals surface area (Å²) in [5.74, 6) is 2.73. The van der Waals surface area contributed by atoms with E-state index in [4.69, 9.17) is 11.5 Å². The fraction of sp³-hybridized carbons (Fsp3) is 0.581. The SMILES string of the molecule is CC(C)C1CCC(CCCC2(CCN)C(=O)N(CCN)Cc3cc(-c4ccccc4)ccc32)CC1. The van der Waals surface area contributed by atoms with Gasteiger partial charge in [-0.3, -0.25) is 4.79 Å². The molecule has 4 heteroatoms. The molecule has 0 aromatic heterocycles. The zero-order valence-corrected chi connectivity index (χ0v) is 21.8. The summed E-state index contributed by atoms with van der Waals surface area (Å²) in [4.78, 5) is 15.9. The Morgan fingerprint density at radius 2 is 1.69 bits per heavy atom. The third-order valence-corrected chi connectivity index (χ3v) is 8.81. The summed E-state index contributed by atoms with van der Waals surface area (Å²) in [6, 6.07) is 17.2. The second kappa shape index (κ2) is 11.7. The summed E-state index contributed by atoms with van der Waals surface area (Å²) in [5.41, 5.74) is 16.4. The molecule has 35 heavy (non-hydrogen) atoms. The van der Waals surface area contributed by atoms with Crippen LogP contribution in [0.2, 0.25) is 0 Å². The van der Waals surface area contributed by atoms with Crippen molar-refractivity contribution in [1.82, 2.24) is 4.90 Å². The van der Waals surface area contributed by atoms with Gasteiger partial charge in [0.1, 0.15) is 0 Å². The molecule has 1 heterocycles. The Hall–Kier alpha value is -2.17. The number of hydrogen-bond acceptors (Lipinski definition) is 3. The molecule has 2 aliphatic rings. The minimum absolute atomic E-state index is 0.233. The quantitative estimate of drug-likeness (QED) is 0.451. The molecule has 1 aliphatic carbocycles. The normalized spacial score (nSPS) is 24.6. The number of carbonyl (C=O) groups is 1.